The molecule has 2 heterocycles. The fourth-order valence-electron chi connectivity index (χ4n) is 7.86. The van der Waals surface area contributed by atoms with Crippen LogP contribution in [-0.4, -0.2) is 84.8 Å². The summed E-state index contributed by atoms with van der Waals surface area (Å²) in [6.07, 6.45) is 7.75. The molecular weight excluding hydrogens is 709 g/mol. The van der Waals surface area contributed by atoms with Crippen LogP contribution in [0.15, 0.2) is 53.7 Å². The molecular formula is C40H50N6O7S. The number of carbonyl (C=O) groups excluding carboxylic acids is 4. The van der Waals surface area contributed by atoms with Gasteiger partial charge in [0.25, 0.3) is 5.91 Å². The van der Waals surface area contributed by atoms with Gasteiger partial charge in [-0.3, -0.25) is 19.1 Å². The highest BCUT2D eigenvalue weighted by Gasteiger charge is 2.62. The van der Waals surface area contributed by atoms with E-state index in [1.165, 1.54) is 4.90 Å². The highest BCUT2D eigenvalue weighted by Crippen LogP contribution is 2.47. The Bertz CT molecular complexity index is 2020. The van der Waals surface area contributed by atoms with Crippen molar-refractivity contribution in [1.29, 1.82) is 0 Å². The van der Waals surface area contributed by atoms with Crippen molar-refractivity contribution < 1.29 is 32.4 Å². The summed E-state index contributed by atoms with van der Waals surface area (Å²) in [7, 11) is -3.86. The van der Waals surface area contributed by atoms with Crippen LogP contribution in [0.25, 0.3) is 17.2 Å². The molecule has 0 spiro atoms. The lowest BCUT2D eigenvalue weighted by Gasteiger charge is -2.35. The van der Waals surface area contributed by atoms with E-state index in [1.807, 2.05) is 52.0 Å². The van der Waals surface area contributed by atoms with Gasteiger partial charge in [-0.05, 0) is 72.6 Å². The molecule has 5 aliphatic rings. The molecule has 7 rings (SSSR count). The zero-order valence-corrected chi connectivity index (χ0v) is 32.1. The molecule has 5 amide bonds. The van der Waals surface area contributed by atoms with E-state index in [-0.39, 0.29) is 25.3 Å². The monoisotopic (exact) mass is 758 g/mol. The van der Waals surface area contributed by atoms with Crippen LogP contribution in [-0.2, 0) is 29.2 Å². The zero-order chi connectivity index (χ0) is 38.4. The number of hydrogen-bond acceptors (Lipinski definition) is 8. The van der Waals surface area contributed by atoms with Crippen LogP contribution in [0.4, 0.5) is 4.79 Å². The molecule has 3 aliphatic carbocycles. The van der Waals surface area contributed by atoms with Crippen molar-refractivity contribution in [2.75, 3.05) is 13.1 Å². The third-order valence-electron chi connectivity index (χ3n) is 11.2. The maximum atomic E-state index is 14.5. The first kappa shape index (κ1) is 37.6. The van der Waals surface area contributed by atoms with Crippen LogP contribution in [0.5, 0.6) is 0 Å². The number of nitrogens with zero attached hydrogens (tertiary/aromatic N) is 2. The number of oxime groups is 1. The molecule has 0 radical (unpaired) electrons. The quantitative estimate of drug-likeness (QED) is 0.291. The maximum Gasteiger partial charge on any atom is 0.315 e. The van der Waals surface area contributed by atoms with Crippen molar-refractivity contribution in [1.82, 2.24) is 25.6 Å². The molecule has 3 fully saturated rings. The van der Waals surface area contributed by atoms with Gasteiger partial charge >= 0.3 is 6.03 Å². The van der Waals surface area contributed by atoms with Crippen molar-refractivity contribution in [2.24, 2.45) is 16.5 Å². The number of rotatable bonds is 6. The van der Waals surface area contributed by atoms with Gasteiger partial charge in [0, 0.05) is 24.1 Å². The lowest BCUT2D eigenvalue weighted by Crippen LogP contribution is -2.61. The fourth-order valence-corrected chi connectivity index (χ4v) is 9.22. The van der Waals surface area contributed by atoms with E-state index in [0.717, 1.165) is 47.1 Å². The van der Waals surface area contributed by atoms with E-state index in [4.69, 9.17) is 9.99 Å². The largest absolute Gasteiger partial charge is 0.390 e. The summed E-state index contributed by atoms with van der Waals surface area (Å²) in [6, 6.07) is 11.6. The van der Waals surface area contributed by atoms with Crippen LogP contribution in [0, 0.1) is 11.3 Å². The molecule has 2 aromatic carbocycles. The van der Waals surface area contributed by atoms with Gasteiger partial charge in [-0.15, -0.1) is 0 Å². The second kappa shape index (κ2) is 14.5. The normalized spacial score (nSPS) is 28.7. The summed E-state index contributed by atoms with van der Waals surface area (Å²) < 4.78 is 27.7. The summed E-state index contributed by atoms with van der Waals surface area (Å²) in [5.74, 6) is -2.10. The van der Waals surface area contributed by atoms with E-state index in [0.29, 0.717) is 31.5 Å². The van der Waals surface area contributed by atoms with Crippen molar-refractivity contribution in [3.8, 4) is 11.1 Å². The number of carbonyl (C=O) groups is 4. The highest BCUT2D eigenvalue weighted by molar-refractivity contribution is 7.91. The summed E-state index contributed by atoms with van der Waals surface area (Å²) >= 11 is 0. The first-order valence-corrected chi connectivity index (χ1v) is 20.6. The topological polar surface area (TPSA) is 175 Å². The molecule has 4 N–H and O–H groups in total. The van der Waals surface area contributed by atoms with Gasteiger partial charge in [-0.1, -0.05) is 87.8 Å². The maximum absolute atomic E-state index is 14.5. The molecule has 2 aliphatic heterocycles. The number of urea groups is 1. The molecule has 5 atom stereocenters. The van der Waals surface area contributed by atoms with E-state index < -0.39 is 68.2 Å². The van der Waals surface area contributed by atoms with Crippen LogP contribution in [0.2, 0.25) is 0 Å². The first-order chi connectivity index (χ1) is 25.7. The third-order valence-corrected chi connectivity index (χ3v) is 13.1. The van der Waals surface area contributed by atoms with Crippen LogP contribution < -0.4 is 20.7 Å². The minimum Gasteiger partial charge on any atom is -0.390 e. The third kappa shape index (κ3) is 7.49. The van der Waals surface area contributed by atoms with Crippen LogP contribution in [0.3, 0.4) is 0 Å². The number of sulfonamides is 1. The van der Waals surface area contributed by atoms with E-state index in [1.54, 1.807) is 0 Å². The molecule has 54 heavy (non-hydrogen) atoms. The number of fused-ring (bicyclic) bond motifs is 6. The van der Waals surface area contributed by atoms with Crippen molar-refractivity contribution in [3.05, 3.63) is 65.2 Å². The average Bonchev–Trinajstić information content (AvgIpc) is 4.04. The van der Waals surface area contributed by atoms with E-state index in [9.17, 15) is 27.6 Å². The van der Waals surface area contributed by atoms with E-state index >= 15 is 0 Å². The molecule has 3 unspecified atom stereocenters. The Morgan fingerprint density at radius 3 is 2.48 bits per heavy atom. The summed E-state index contributed by atoms with van der Waals surface area (Å²) in [5, 5.41) is 12.7. The zero-order valence-electron chi connectivity index (χ0n) is 31.3. The van der Waals surface area contributed by atoms with Crippen LogP contribution in [0.1, 0.15) is 95.8 Å². The number of nitrogens with one attached hydrogen (secondary N) is 4. The van der Waals surface area contributed by atoms with E-state index in [2.05, 4.69) is 51.0 Å². The molecule has 13 nitrogen and oxygen atoms in total. The van der Waals surface area contributed by atoms with Crippen molar-refractivity contribution in [3.63, 3.8) is 0 Å². The molecule has 288 valence electrons. The number of amides is 5. The SMILES string of the molecule is CC[C@@H]1CC1(NC(=O)C1CC2CN1C(=O)[C@H](C(C)(C)C)NC(=O)NCCCC/C=C/c1ccc3c(c1)/C(=N/O2)c1ccccc1-3)C(=O)NS(=O)(=O)C1CC1. The van der Waals surface area contributed by atoms with Gasteiger partial charge in [0.15, 0.2) is 0 Å². The Hall–Kier alpha value is -4.72. The predicted octanol–water partition coefficient (Wildman–Crippen LogP) is 4.21. The predicted molar refractivity (Wildman–Crippen MR) is 205 cm³/mol. The summed E-state index contributed by atoms with van der Waals surface area (Å²) in [6.45, 7) is 7.81. The van der Waals surface area contributed by atoms with Crippen molar-refractivity contribution >= 4 is 45.6 Å². The standard InChI is InChI=1S/C40H50N6O7S/c1-5-25-22-40(25,37(49)45-54(51,52)27-16-17-27)43-35(47)32-21-26-23-46(32)36(48)34(39(2,3)4)42-38(50)41-19-11-7-6-8-12-24-15-18-29-28-13-9-10-14-30(28)33(44-53-26)31(29)20-24/h8-10,12-15,18,20,25-27,32,34H,5-7,11,16-17,19,21-23H2,1-4H3,(H,43,47)(H,45,49)(H2,41,42,50)/b12-8+,44-33+/t25-,26?,32?,34-,40?/m1/s1. The molecule has 2 aromatic rings. The lowest BCUT2D eigenvalue weighted by atomic mass is 9.85. The highest BCUT2D eigenvalue weighted by atomic mass is 32.2. The summed E-state index contributed by atoms with van der Waals surface area (Å²) in [5.41, 5.74) is 3.39. The van der Waals surface area contributed by atoms with Gasteiger partial charge in [-0.2, -0.15) is 0 Å². The first-order valence-electron chi connectivity index (χ1n) is 19.1. The summed E-state index contributed by atoms with van der Waals surface area (Å²) in [4.78, 5) is 63.2. The molecule has 2 saturated carbocycles. The Kier molecular flexibility index (Phi) is 10.1. The van der Waals surface area contributed by atoms with Gasteiger partial charge in [0.1, 0.15) is 29.4 Å². The van der Waals surface area contributed by atoms with Crippen LogP contribution >= 0.6 is 0 Å². The number of hydrogen-bond donors (Lipinski definition) is 4. The average molecular weight is 759 g/mol. The van der Waals surface area contributed by atoms with Crippen molar-refractivity contribution in [2.45, 2.75) is 108 Å². The minimum atomic E-state index is -3.86. The number of allylic oxidation sites excluding steroid dienone is 1. The second-order valence-corrected chi connectivity index (χ2v) is 18.3. The Morgan fingerprint density at radius 2 is 1.78 bits per heavy atom. The number of benzene rings is 2. The molecule has 0 aromatic heterocycles. The minimum absolute atomic E-state index is 0.00662. The Labute approximate surface area is 316 Å². The second-order valence-electron chi connectivity index (χ2n) is 16.3. The Balaban J connectivity index is 1.22. The van der Waals surface area contributed by atoms with Gasteiger partial charge in [0.05, 0.1) is 11.8 Å². The fraction of sp³-hybridized carbons (Fsp3) is 0.525. The van der Waals surface area contributed by atoms with Gasteiger partial charge in [-0.25, -0.2) is 13.2 Å². The molecule has 1 saturated heterocycles. The molecule has 4 bridgehead atoms. The molecule has 14 heteroatoms. The lowest BCUT2D eigenvalue weighted by molar-refractivity contribution is -0.142. The van der Waals surface area contributed by atoms with Gasteiger partial charge in [0.2, 0.25) is 21.8 Å². The smallest absolute Gasteiger partial charge is 0.315 e. The van der Waals surface area contributed by atoms with Gasteiger partial charge < -0.3 is 25.7 Å². The Morgan fingerprint density at radius 1 is 1.04 bits per heavy atom.